The zero-order valence-corrected chi connectivity index (χ0v) is 16.5. The Hall–Kier alpha value is -2.28. The van der Waals surface area contributed by atoms with E-state index < -0.39 is 0 Å². The standard InChI is InChI=1S/C20H25N5OS/c1-27-17-6-4-16(5-7-17)19(26)24-14-12-23(13-15-24)18-8-9-21-20(22-18)25-10-2-3-11-25/h4-9H,2-3,10-15H2,1H3. The third-order valence-corrected chi connectivity index (χ3v) is 5.99. The number of hydrogen-bond donors (Lipinski definition) is 0. The van der Waals surface area contributed by atoms with Crippen molar-refractivity contribution >= 4 is 29.4 Å². The number of benzene rings is 1. The predicted octanol–water partition coefficient (Wildman–Crippen LogP) is 2.76. The number of rotatable bonds is 4. The molecule has 0 spiro atoms. The SMILES string of the molecule is CSc1ccc(C(=O)N2CCN(c3ccnc(N4CCCC4)n3)CC2)cc1. The van der Waals surface area contributed by atoms with Gasteiger partial charge < -0.3 is 14.7 Å². The van der Waals surface area contributed by atoms with Crippen LogP contribution in [-0.4, -0.2) is 66.3 Å². The van der Waals surface area contributed by atoms with Crippen molar-refractivity contribution in [2.24, 2.45) is 0 Å². The van der Waals surface area contributed by atoms with Crippen LogP contribution in [0.25, 0.3) is 0 Å². The molecule has 6 nitrogen and oxygen atoms in total. The molecule has 4 rings (SSSR count). The molecule has 2 aliphatic heterocycles. The molecule has 0 aliphatic carbocycles. The highest BCUT2D eigenvalue weighted by molar-refractivity contribution is 7.98. The number of piperazine rings is 1. The molecule has 1 amide bonds. The molecule has 1 aromatic carbocycles. The van der Waals surface area contributed by atoms with Crippen LogP contribution in [0, 0.1) is 0 Å². The van der Waals surface area contributed by atoms with E-state index in [1.54, 1.807) is 11.8 Å². The molecule has 0 radical (unpaired) electrons. The third kappa shape index (κ3) is 4.03. The summed E-state index contributed by atoms with van der Waals surface area (Å²) in [7, 11) is 0. The van der Waals surface area contributed by atoms with Gasteiger partial charge in [0.15, 0.2) is 0 Å². The normalized spacial score (nSPS) is 17.4. The van der Waals surface area contributed by atoms with Crippen LogP contribution in [0.4, 0.5) is 11.8 Å². The molecule has 7 heteroatoms. The molecule has 2 aliphatic rings. The van der Waals surface area contributed by atoms with E-state index in [4.69, 9.17) is 4.98 Å². The van der Waals surface area contributed by atoms with Gasteiger partial charge in [0.1, 0.15) is 5.82 Å². The van der Waals surface area contributed by atoms with E-state index in [1.807, 2.05) is 47.7 Å². The number of aromatic nitrogens is 2. The van der Waals surface area contributed by atoms with Crippen molar-refractivity contribution in [1.29, 1.82) is 0 Å². The van der Waals surface area contributed by atoms with E-state index >= 15 is 0 Å². The molecule has 0 saturated carbocycles. The van der Waals surface area contributed by atoms with Crippen LogP contribution >= 0.6 is 11.8 Å². The summed E-state index contributed by atoms with van der Waals surface area (Å²) in [5, 5.41) is 0. The third-order valence-electron chi connectivity index (χ3n) is 5.24. The average molecular weight is 384 g/mol. The first kappa shape index (κ1) is 18.1. The fourth-order valence-electron chi connectivity index (χ4n) is 3.64. The van der Waals surface area contributed by atoms with Crippen LogP contribution in [0.15, 0.2) is 41.4 Å². The van der Waals surface area contributed by atoms with Gasteiger partial charge in [-0.1, -0.05) is 0 Å². The van der Waals surface area contributed by atoms with Crippen LogP contribution < -0.4 is 9.80 Å². The fourth-order valence-corrected chi connectivity index (χ4v) is 4.05. The minimum atomic E-state index is 0.114. The smallest absolute Gasteiger partial charge is 0.253 e. The summed E-state index contributed by atoms with van der Waals surface area (Å²) in [6.45, 7) is 5.11. The maximum absolute atomic E-state index is 12.7. The summed E-state index contributed by atoms with van der Waals surface area (Å²) < 4.78 is 0. The summed E-state index contributed by atoms with van der Waals surface area (Å²) in [5.74, 6) is 1.91. The van der Waals surface area contributed by atoms with E-state index in [0.29, 0.717) is 13.1 Å². The van der Waals surface area contributed by atoms with E-state index in [2.05, 4.69) is 14.8 Å². The lowest BCUT2D eigenvalue weighted by Crippen LogP contribution is -2.49. The topological polar surface area (TPSA) is 52.6 Å². The number of carbonyl (C=O) groups is 1. The molecule has 0 atom stereocenters. The summed E-state index contributed by atoms with van der Waals surface area (Å²) in [5.41, 5.74) is 0.764. The van der Waals surface area contributed by atoms with Crippen LogP contribution in [0.5, 0.6) is 0 Å². The van der Waals surface area contributed by atoms with Gasteiger partial charge in [-0.3, -0.25) is 4.79 Å². The van der Waals surface area contributed by atoms with Crippen molar-refractivity contribution in [2.75, 3.05) is 55.3 Å². The first-order valence-electron chi connectivity index (χ1n) is 9.51. The van der Waals surface area contributed by atoms with Crippen LogP contribution in [0.3, 0.4) is 0 Å². The number of thioether (sulfide) groups is 1. The second kappa shape index (κ2) is 8.17. The second-order valence-electron chi connectivity index (χ2n) is 6.92. The van der Waals surface area contributed by atoms with Gasteiger partial charge >= 0.3 is 0 Å². The van der Waals surface area contributed by atoms with Gasteiger partial charge in [0, 0.05) is 55.9 Å². The zero-order chi connectivity index (χ0) is 18.6. The Balaban J connectivity index is 1.38. The van der Waals surface area contributed by atoms with Crippen molar-refractivity contribution in [3.8, 4) is 0 Å². The van der Waals surface area contributed by atoms with E-state index in [0.717, 1.165) is 43.5 Å². The Morgan fingerprint density at radius 1 is 0.926 bits per heavy atom. The minimum Gasteiger partial charge on any atom is -0.353 e. The molecular weight excluding hydrogens is 358 g/mol. The summed E-state index contributed by atoms with van der Waals surface area (Å²) in [6.07, 6.45) is 6.32. The van der Waals surface area contributed by atoms with E-state index in [-0.39, 0.29) is 5.91 Å². The van der Waals surface area contributed by atoms with Gasteiger partial charge in [-0.15, -0.1) is 11.8 Å². The van der Waals surface area contributed by atoms with Gasteiger partial charge in [0.25, 0.3) is 5.91 Å². The van der Waals surface area contributed by atoms with E-state index in [1.165, 1.54) is 17.7 Å². The second-order valence-corrected chi connectivity index (χ2v) is 7.80. The predicted molar refractivity (Wildman–Crippen MR) is 110 cm³/mol. The first-order valence-corrected chi connectivity index (χ1v) is 10.7. The van der Waals surface area contributed by atoms with Crippen molar-refractivity contribution in [3.05, 3.63) is 42.1 Å². The van der Waals surface area contributed by atoms with Crippen LogP contribution in [-0.2, 0) is 0 Å². The summed E-state index contributed by atoms with van der Waals surface area (Å²) in [6, 6.07) is 9.84. The molecule has 3 heterocycles. The van der Waals surface area contributed by atoms with Crippen LogP contribution in [0.1, 0.15) is 23.2 Å². The quantitative estimate of drug-likeness (QED) is 0.757. The average Bonchev–Trinajstić information content (AvgIpc) is 3.29. The number of amides is 1. The monoisotopic (exact) mass is 383 g/mol. The Kier molecular flexibility index (Phi) is 5.48. The lowest BCUT2D eigenvalue weighted by atomic mass is 10.2. The van der Waals surface area contributed by atoms with Gasteiger partial charge in [-0.25, -0.2) is 4.98 Å². The number of anilines is 2. The number of hydrogen-bond acceptors (Lipinski definition) is 6. The summed E-state index contributed by atoms with van der Waals surface area (Å²) in [4.78, 5) is 29.6. The molecule has 0 unspecified atom stereocenters. The van der Waals surface area contributed by atoms with Crippen molar-refractivity contribution in [1.82, 2.24) is 14.9 Å². The summed E-state index contributed by atoms with van der Waals surface area (Å²) >= 11 is 1.69. The van der Waals surface area contributed by atoms with Gasteiger partial charge in [-0.05, 0) is 49.4 Å². The zero-order valence-electron chi connectivity index (χ0n) is 15.7. The largest absolute Gasteiger partial charge is 0.353 e. The molecule has 2 fully saturated rings. The van der Waals surface area contributed by atoms with Crippen molar-refractivity contribution in [3.63, 3.8) is 0 Å². The molecule has 27 heavy (non-hydrogen) atoms. The van der Waals surface area contributed by atoms with E-state index in [9.17, 15) is 4.79 Å². The Labute approximate surface area is 164 Å². The van der Waals surface area contributed by atoms with Gasteiger partial charge in [0.2, 0.25) is 5.95 Å². The minimum absolute atomic E-state index is 0.114. The molecule has 2 saturated heterocycles. The number of nitrogens with zero attached hydrogens (tertiary/aromatic N) is 5. The lowest BCUT2D eigenvalue weighted by molar-refractivity contribution is 0.0746. The molecule has 2 aromatic rings. The highest BCUT2D eigenvalue weighted by atomic mass is 32.2. The van der Waals surface area contributed by atoms with Crippen LogP contribution in [0.2, 0.25) is 0 Å². The molecule has 0 bridgehead atoms. The molecular formula is C20H25N5OS. The van der Waals surface area contributed by atoms with Gasteiger partial charge in [0.05, 0.1) is 0 Å². The fraction of sp³-hybridized carbons (Fsp3) is 0.450. The van der Waals surface area contributed by atoms with Gasteiger partial charge in [-0.2, -0.15) is 4.98 Å². The number of carbonyl (C=O) groups excluding carboxylic acids is 1. The Morgan fingerprint density at radius 3 is 2.30 bits per heavy atom. The Morgan fingerprint density at radius 2 is 1.63 bits per heavy atom. The highest BCUT2D eigenvalue weighted by Gasteiger charge is 2.24. The maximum atomic E-state index is 12.7. The maximum Gasteiger partial charge on any atom is 0.253 e. The highest BCUT2D eigenvalue weighted by Crippen LogP contribution is 2.21. The molecule has 142 valence electrons. The molecule has 1 aromatic heterocycles. The lowest BCUT2D eigenvalue weighted by Gasteiger charge is -2.35. The first-order chi connectivity index (χ1) is 13.2. The Bertz CT molecular complexity index is 783. The molecule has 0 N–H and O–H groups in total. The van der Waals surface area contributed by atoms with Crippen molar-refractivity contribution in [2.45, 2.75) is 17.7 Å². The van der Waals surface area contributed by atoms with Crippen molar-refractivity contribution < 1.29 is 4.79 Å².